The van der Waals surface area contributed by atoms with Crippen molar-refractivity contribution in [1.82, 2.24) is 9.78 Å². The first-order chi connectivity index (χ1) is 8.20. The molecule has 1 aromatic heterocycles. The third-order valence-electron chi connectivity index (χ3n) is 3.04. The topological polar surface area (TPSA) is 38.0 Å². The predicted molar refractivity (Wildman–Crippen MR) is 67.7 cm³/mol. The third-order valence-corrected chi connectivity index (χ3v) is 3.04. The molecule has 0 amide bonds. The molecule has 17 heavy (non-hydrogen) atoms. The van der Waals surface area contributed by atoms with Crippen molar-refractivity contribution in [1.29, 1.82) is 0 Å². The molecule has 0 saturated carbocycles. The van der Waals surface area contributed by atoms with Crippen LogP contribution in [0.15, 0.2) is 36.7 Å². The van der Waals surface area contributed by atoms with Crippen LogP contribution >= 0.6 is 0 Å². The van der Waals surface area contributed by atoms with Gasteiger partial charge in [0.05, 0.1) is 12.3 Å². The molecular formula is C14H18N2O. The van der Waals surface area contributed by atoms with Gasteiger partial charge in [0.15, 0.2) is 0 Å². The molecule has 0 aliphatic carbocycles. The molecule has 0 fully saturated rings. The van der Waals surface area contributed by atoms with E-state index >= 15 is 0 Å². The van der Waals surface area contributed by atoms with Crippen molar-refractivity contribution in [2.75, 3.05) is 0 Å². The maximum atomic E-state index is 10.2. The van der Waals surface area contributed by atoms with E-state index in [0.29, 0.717) is 6.42 Å². The number of aliphatic hydroxyl groups excluding tert-OH is 1. The smallest absolute Gasteiger partial charge is 0.0860 e. The summed E-state index contributed by atoms with van der Waals surface area (Å²) in [5, 5.41) is 14.3. The fraction of sp³-hybridized carbons (Fsp3) is 0.357. The van der Waals surface area contributed by atoms with Gasteiger partial charge in [0.25, 0.3) is 0 Å². The summed E-state index contributed by atoms with van der Waals surface area (Å²) in [5.41, 5.74) is 3.29. The molecule has 0 bridgehead atoms. The Hall–Kier alpha value is -1.61. The Balaban J connectivity index is 2.11. The standard InChI is InChI=1S/C14H18N2O/c1-3-16-10-13(9-15-16)14(17)8-12-7-5-4-6-11(12)2/h4-7,9-10,14,17H,3,8H2,1-2H3. The van der Waals surface area contributed by atoms with E-state index in [1.165, 1.54) is 11.1 Å². The van der Waals surface area contributed by atoms with Gasteiger partial charge >= 0.3 is 0 Å². The number of aromatic nitrogens is 2. The van der Waals surface area contributed by atoms with Gasteiger partial charge in [0.1, 0.15) is 0 Å². The van der Waals surface area contributed by atoms with Crippen molar-refractivity contribution in [2.45, 2.75) is 32.9 Å². The van der Waals surface area contributed by atoms with E-state index < -0.39 is 6.10 Å². The Labute approximate surface area is 102 Å². The van der Waals surface area contributed by atoms with Crippen LogP contribution in [0, 0.1) is 6.92 Å². The average Bonchev–Trinajstić information content (AvgIpc) is 2.81. The van der Waals surface area contributed by atoms with Crippen molar-refractivity contribution in [3.8, 4) is 0 Å². The third kappa shape index (κ3) is 2.74. The van der Waals surface area contributed by atoms with Gasteiger partial charge in [0.2, 0.25) is 0 Å². The lowest BCUT2D eigenvalue weighted by Crippen LogP contribution is -2.02. The van der Waals surface area contributed by atoms with E-state index in [1.807, 2.05) is 29.9 Å². The zero-order chi connectivity index (χ0) is 12.3. The molecule has 1 N–H and O–H groups in total. The summed E-state index contributed by atoms with van der Waals surface area (Å²) in [6, 6.07) is 8.14. The van der Waals surface area contributed by atoms with Crippen LogP contribution in [0.5, 0.6) is 0 Å². The molecular weight excluding hydrogens is 212 g/mol. The summed E-state index contributed by atoms with van der Waals surface area (Å²) >= 11 is 0. The lowest BCUT2D eigenvalue weighted by molar-refractivity contribution is 0.178. The molecule has 3 heteroatoms. The summed E-state index contributed by atoms with van der Waals surface area (Å²) < 4.78 is 1.83. The lowest BCUT2D eigenvalue weighted by Gasteiger charge is -2.10. The fourth-order valence-electron chi connectivity index (χ4n) is 1.89. The van der Waals surface area contributed by atoms with Gasteiger partial charge in [-0.3, -0.25) is 4.68 Å². The Kier molecular flexibility index (Phi) is 3.59. The first-order valence-corrected chi connectivity index (χ1v) is 5.95. The summed E-state index contributed by atoms with van der Waals surface area (Å²) in [5.74, 6) is 0. The summed E-state index contributed by atoms with van der Waals surface area (Å²) in [7, 11) is 0. The molecule has 0 spiro atoms. The average molecular weight is 230 g/mol. The SMILES string of the molecule is CCn1cc(C(O)Cc2ccccc2C)cn1. The molecule has 0 saturated heterocycles. The number of nitrogens with zero attached hydrogens (tertiary/aromatic N) is 2. The van der Waals surface area contributed by atoms with Crippen LogP contribution in [0.1, 0.15) is 29.7 Å². The molecule has 3 nitrogen and oxygen atoms in total. The Morgan fingerprint density at radius 2 is 2.12 bits per heavy atom. The van der Waals surface area contributed by atoms with Crippen molar-refractivity contribution in [2.24, 2.45) is 0 Å². The molecule has 0 aliphatic heterocycles. The zero-order valence-corrected chi connectivity index (χ0v) is 10.3. The van der Waals surface area contributed by atoms with Gasteiger partial charge in [-0.25, -0.2) is 0 Å². The molecule has 1 aromatic carbocycles. The van der Waals surface area contributed by atoms with Gasteiger partial charge in [0, 0.05) is 24.7 Å². The molecule has 1 atom stereocenters. The first kappa shape index (κ1) is 11.9. The van der Waals surface area contributed by atoms with E-state index in [-0.39, 0.29) is 0 Å². The molecule has 90 valence electrons. The van der Waals surface area contributed by atoms with E-state index in [2.05, 4.69) is 24.2 Å². The van der Waals surface area contributed by atoms with Crippen molar-refractivity contribution in [3.63, 3.8) is 0 Å². The highest BCUT2D eigenvalue weighted by Crippen LogP contribution is 2.19. The number of aryl methyl sites for hydroxylation is 2. The summed E-state index contributed by atoms with van der Waals surface area (Å²) in [4.78, 5) is 0. The van der Waals surface area contributed by atoms with Crippen LogP contribution in [-0.2, 0) is 13.0 Å². The molecule has 0 radical (unpaired) electrons. The maximum Gasteiger partial charge on any atom is 0.0860 e. The molecule has 1 unspecified atom stereocenters. The van der Waals surface area contributed by atoms with Crippen molar-refractivity contribution >= 4 is 0 Å². The van der Waals surface area contributed by atoms with Crippen molar-refractivity contribution in [3.05, 3.63) is 53.3 Å². The Morgan fingerprint density at radius 3 is 2.76 bits per heavy atom. The van der Waals surface area contributed by atoms with E-state index in [1.54, 1.807) is 6.20 Å². The van der Waals surface area contributed by atoms with Crippen molar-refractivity contribution < 1.29 is 5.11 Å². The maximum absolute atomic E-state index is 10.2. The quantitative estimate of drug-likeness (QED) is 0.876. The second-order valence-corrected chi connectivity index (χ2v) is 4.28. The fourth-order valence-corrected chi connectivity index (χ4v) is 1.89. The first-order valence-electron chi connectivity index (χ1n) is 5.95. The van der Waals surface area contributed by atoms with Crippen LogP contribution in [0.2, 0.25) is 0 Å². The molecule has 0 aliphatic rings. The van der Waals surface area contributed by atoms with Gasteiger partial charge in [-0.2, -0.15) is 5.10 Å². The Morgan fingerprint density at radius 1 is 1.35 bits per heavy atom. The highest BCUT2D eigenvalue weighted by Gasteiger charge is 2.11. The molecule has 2 aromatic rings. The second-order valence-electron chi connectivity index (χ2n) is 4.28. The zero-order valence-electron chi connectivity index (χ0n) is 10.3. The minimum Gasteiger partial charge on any atom is -0.388 e. The molecule has 1 heterocycles. The van der Waals surface area contributed by atoms with E-state index in [9.17, 15) is 5.11 Å². The van der Waals surface area contributed by atoms with Gasteiger partial charge in [-0.1, -0.05) is 24.3 Å². The number of benzene rings is 1. The summed E-state index contributed by atoms with van der Waals surface area (Å²) in [6.07, 6.45) is 3.81. The number of hydrogen-bond donors (Lipinski definition) is 1. The largest absolute Gasteiger partial charge is 0.388 e. The highest BCUT2D eigenvalue weighted by molar-refractivity contribution is 5.27. The summed E-state index contributed by atoms with van der Waals surface area (Å²) in [6.45, 7) is 4.93. The van der Waals surface area contributed by atoms with E-state index in [4.69, 9.17) is 0 Å². The minimum absolute atomic E-state index is 0.476. The minimum atomic E-state index is -0.476. The van der Waals surface area contributed by atoms with E-state index in [0.717, 1.165) is 12.1 Å². The number of hydrogen-bond acceptors (Lipinski definition) is 2. The normalized spacial score (nSPS) is 12.6. The monoisotopic (exact) mass is 230 g/mol. The Bertz CT molecular complexity index is 490. The number of aliphatic hydroxyl groups is 1. The van der Waals surface area contributed by atoms with Crippen LogP contribution in [0.4, 0.5) is 0 Å². The van der Waals surface area contributed by atoms with Gasteiger partial charge in [-0.15, -0.1) is 0 Å². The second kappa shape index (κ2) is 5.15. The number of rotatable bonds is 4. The molecule has 2 rings (SSSR count). The highest BCUT2D eigenvalue weighted by atomic mass is 16.3. The van der Waals surface area contributed by atoms with Crippen LogP contribution in [-0.4, -0.2) is 14.9 Å². The van der Waals surface area contributed by atoms with Crippen LogP contribution in [0.3, 0.4) is 0 Å². The van der Waals surface area contributed by atoms with Crippen LogP contribution < -0.4 is 0 Å². The van der Waals surface area contributed by atoms with Gasteiger partial charge in [-0.05, 0) is 25.0 Å². The predicted octanol–water partition coefficient (Wildman–Crippen LogP) is 2.49. The lowest BCUT2D eigenvalue weighted by atomic mass is 10.0. The van der Waals surface area contributed by atoms with Gasteiger partial charge < -0.3 is 5.11 Å². The van der Waals surface area contributed by atoms with Crippen LogP contribution in [0.25, 0.3) is 0 Å².